The maximum Gasteiger partial charge on any atom is 0.286 e. The van der Waals surface area contributed by atoms with Crippen LogP contribution in [0.3, 0.4) is 0 Å². The largest absolute Gasteiger partial charge is 0.382 e. The highest BCUT2D eigenvalue weighted by atomic mass is 16.1. The maximum absolute atomic E-state index is 11.1. The lowest BCUT2D eigenvalue weighted by atomic mass is 10.3. The molecule has 0 fully saturated rings. The quantitative estimate of drug-likeness (QED) is 0.580. The summed E-state index contributed by atoms with van der Waals surface area (Å²) < 4.78 is 1.31. The van der Waals surface area contributed by atoms with Crippen LogP contribution in [0.5, 0.6) is 0 Å². The smallest absolute Gasteiger partial charge is 0.286 e. The highest BCUT2D eigenvalue weighted by Gasteiger charge is 2.17. The molecule has 0 amide bonds. The van der Waals surface area contributed by atoms with Crippen LogP contribution in [-0.2, 0) is 0 Å². The molecule has 0 atom stereocenters. The van der Waals surface area contributed by atoms with Gasteiger partial charge in [-0.15, -0.1) is 5.10 Å². The van der Waals surface area contributed by atoms with Gasteiger partial charge in [-0.3, -0.25) is 4.79 Å². The molecule has 16 heavy (non-hydrogen) atoms. The van der Waals surface area contributed by atoms with Gasteiger partial charge in [0.2, 0.25) is 0 Å². The van der Waals surface area contributed by atoms with E-state index in [-0.39, 0.29) is 11.5 Å². The first-order chi connectivity index (χ1) is 7.74. The third kappa shape index (κ3) is 1.50. The summed E-state index contributed by atoms with van der Waals surface area (Å²) in [5.74, 6) is -0.725. The standard InChI is InChI=1S/C10H7N5O/c11-6-8(16)9-10(12)15(14-13-9)7-4-2-1-3-5-7/h1-5H,12H2. The fraction of sp³-hybridized carbons (Fsp3) is 0. The molecule has 6 nitrogen and oxygen atoms in total. The molecule has 1 aromatic carbocycles. The van der Waals surface area contributed by atoms with Crippen molar-refractivity contribution in [3.8, 4) is 11.8 Å². The molecule has 0 bridgehead atoms. The summed E-state index contributed by atoms with van der Waals surface area (Å²) in [7, 11) is 0. The number of Topliss-reactive ketones (excluding diaryl/α,β-unsaturated/α-hetero) is 1. The van der Waals surface area contributed by atoms with E-state index in [0.717, 1.165) is 0 Å². The minimum absolute atomic E-state index is 0.0674. The van der Waals surface area contributed by atoms with Gasteiger partial charge < -0.3 is 5.73 Å². The molecule has 0 radical (unpaired) electrons. The molecule has 0 saturated carbocycles. The number of benzene rings is 1. The van der Waals surface area contributed by atoms with E-state index in [4.69, 9.17) is 11.0 Å². The van der Waals surface area contributed by atoms with E-state index in [2.05, 4.69) is 10.3 Å². The summed E-state index contributed by atoms with van der Waals surface area (Å²) >= 11 is 0. The second kappa shape index (κ2) is 3.82. The summed E-state index contributed by atoms with van der Waals surface area (Å²) in [6.45, 7) is 0. The number of carbonyl (C=O) groups excluding carboxylic acids is 1. The number of nitrogens with two attached hydrogens (primary N) is 1. The minimum atomic E-state index is -0.792. The topological polar surface area (TPSA) is 97.6 Å². The van der Waals surface area contributed by atoms with Crippen LogP contribution in [0.4, 0.5) is 5.82 Å². The first-order valence-corrected chi connectivity index (χ1v) is 4.45. The van der Waals surface area contributed by atoms with Crippen molar-refractivity contribution in [2.75, 3.05) is 5.73 Å². The van der Waals surface area contributed by atoms with Gasteiger partial charge in [0.15, 0.2) is 11.5 Å². The van der Waals surface area contributed by atoms with Crippen LogP contribution in [-0.4, -0.2) is 20.8 Å². The first kappa shape index (κ1) is 9.86. The highest BCUT2D eigenvalue weighted by Crippen LogP contribution is 2.14. The van der Waals surface area contributed by atoms with E-state index in [9.17, 15) is 4.79 Å². The summed E-state index contributed by atoms with van der Waals surface area (Å²) in [6, 6.07) is 10.5. The Morgan fingerprint density at radius 1 is 1.38 bits per heavy atom. The molecule has 2 N–H and O–H groups in total. The molecule has 78 valence electrons. The van der Waals surface area contributed by atoms with Crippen molar-refractivity contribution in [2.24, 2.45) is 0 Å². The summed E-state index contributed by atoms with van der Waals surface area (Å²) in [4.78, 5) is 11.1. The molecule has 2 rings (SSSR count). The van der Waals surface area contributed by atoms with Gasteiger partial charge in [-0.2, -0.15) is 9.94 Å². The number of anilines is 1. The van der Waals surface area contributed by atoms with E-state index >= 15 is 0 Å². The Morgan fingerprint density at radius 3 is 2.69 bits per heavy atom. The van der Waals surface area contributed by atoms with Crippen molar-refractivity contribution in [3.05, 3.63) is 36.0 Å². The van der Waals surface area contributed by atoms with Gasteiger partial charge >= 0.3 is 0 Å². The number of ketones is 1. The average Bonchev–Trinajstić information content (AvgIpc) is 2.71. The Kier molecular flexibility index (Phi) is 2.36. The monoisotopic (exact) mass is 213 g/mol. The lowest BCUT2D eigenvalue weighted by Crippen LogP contribution is -2.05. The first-order valence-electron chi connectivity index (χ1n) is 4.45. The van der Waals surface area contributed by atoms with Gasteiger partial charge in [-0.1, -0.05) is 23.4 Å². The molecular formula is C10H7N5O. The summed E-state index contributed by atoms with van der Waals surface area (Å²) in [5.41, 5.74) is 6.24. The molecule has 0 aliphatic rings. The number of rotatable bonds is 2. The number of nitriles is 1. The molecule has 6 heteroatoms. The minimum Gasteiger partial charge on any atom is -0.382 e. The van der Waals surface area contributed by atoms with Gasteiger partial charge in [0, 0.05) is 0 Å². The van der Waals surface area contributed by atoms with Crippen molar-refractivity contribution in [2.45, 2.75) is 0 Å². The Bertz CT molecular complexity index is 567. The average molecular weight is 213 g/mol. The van der Waals surface area contributed by atoms with E-state index in [1.54, 1.807) is 12.1 Å². The number of nitrogens with zero attached hydrogens (tertiary/aromatic N) is 4. The van der Waals surface area contributed by atoms with Crippen LogP contribution in [0.15, 0.2) is 30.3 Å². The van der Waals surface area contributed by atoms with Crippen LogP contribution in [0, 0.1) is 11.3 Å². The predicted octanol–water partition coefficient (Wildman–Crippen LogP) is 0.556. The second-order valence-electron chi connectivity index (χ2n) is 3.01. The van der Waals surface area contributed by atoms with Crippen molar-refractivity contribution in [1.29, 1.82) is 5.26 Å². The van der Waals surface area contributed by atoms with Crippen molar-refractivity contribution in [3.63, 3.8) is 0 Å². The molecule has 0 spiro atoms. The van der Waals surface area contributed by atoms with E-state index < -0.39 is 5.78 Å². The number of hydrogen-bond donors (Lipinski definition) is 1. The number of aromatic nitrogens is 3. The van der Waals surface area contributed by atoms with Crippen molar-refractivity contribution >= 4 is 11.6 Å². The van der Waals surface area contributed by atoms with Crippen LogP contribution in [0.1, 0.15) is 10.5 Å². The van der Waals surface area contributed by atoms with Gasteiger partial charge in [-0.25, -0.2) is 0 Å². The number of nitrogen functional groups attached to an aromatic ring is 1. The third-order valence-corrected chi connectivity index (χ3v) is 2.02. The lowest BCUT2D eigenvalue weighted by Gasteiger charge is -2.01. The van der Waals surface area contributed by atoms with E-state index in [1.165, 1.54) is 10.8 Å². The SMILES string of the molecule is N#CC(=O)c1nnn(-c2ccccc2)c1N. The Balaban J connectivity index is 2.51. The number of hydrogen-bond acceptors (Lipinski definition) is 5. The molecule has 0 aliphatic carbocycles. The van der Waals surface area contributed by atoms with Gasteiger partial charge in [0.1, 0.15) is 6.07 Å². The highest BCUT2D eigenvalue weighted by molar-refractivity contribution is 6.08. The molecule has 1 heterocycles. The van der Waals surface area contributed by atoms with Gasteiger partial charge in [-0.05, 0) is 12.1 Å². The zero-order valence-electron chi connectivity index (χ0n) is 8.16. The Morgan fingerprint density at radius 2 is 2.06 bits per heavy atom. The summed E-state index contributed by atoms with van der Waals surface area (Å²) in [6.07, 6.45) is 0. The van der Waals surface area contributed by atoms with Crippen LogP contribution >= 0.6 is 0 Å². The third-order valence-electron chi connectivity index (χ3n) is 2.02. The normalized spacial score (nSPS) is 9.69. The maximum atomic E-state index is 11.1. The molecule has 0 unspecified atom stereocenters. The van der Waals surface area contributed by atoms with Gasteiger partial charge in [0.05, 0.1) is 5.69 Å². The molecular weight excluding hydrogens is 206 g/mol. The fourth-order valence-electron chi connectivity index (χ4n) is 1.26. The predicted molar refractivity (Wildman–Crippen MR) is 55.7 cm³/mol. The zero-order valence-corrected chi connectivity index (χ0v) is 8.16. The lowest BCUT2D eigenvalue weighted by molar-refractivity contribution is 0.105. The number of carbonyl (C=O) groups is 1. The van der Waals surface area contributed by atoms with Crippen molar-refractivity contribution < 1.29 is 4.79 Å². The van der Waals surface area contributed by atoms with Gasteiger partial charge in [0.25, 0.3) is 5.78 Å². The molecule has 2 aromatic rings. The van der Waals surface area contributed by atoms with E-state index in [1.807, 2.05) is 18.2 Å². The molecule has 0 aliphatic heterocycles. The molecule has 1 aromatic heterocycles. The summed E-state index contributed by atoms with van der Waals surface area (Å²) in [5, 5.41) is 15.8. The zero-order chi connectivity index (χ0) is 11.5. The van der Waals surface area contributed by atoms with Crippen LogP contribution in [0.2, 0.25) is 0 Å². The number of para-hydroxylation sites is 1. The Hall–Kier alpha value is -2.68. The molecule has 0 saturated heterocycles. The van der Waals surface area contributed by atoms with Crippen molar-refractivity contribution in [1.82, 2.24) is 15.0 Å². The Labute approximate surface area is 90.9 Å². The van der Waals surface area contributed by atoms with Crippen LogP contribution in [0.25, 0.3) is 5.69 Å². The van der Waals surface area contributed by atoms with E-state index in [0.29, 0.717) is 5.69 Å². The van der Waals surface area contributed by atoms with Crippen LogP contribution < -0.4 is 5.73 Å². The fourth-order valence-corrected chi connectivity index (χ4v) is 1.26. The second-order valence-corrected chi connectivity index (χ2v) is 3.01.